The van der Waals surface area contributed by atoms with Gasteiger partial charge in [0.2, 0.25) is 0 Å². The summed E-state index contributed by atoms with van der Waals surface area (Å²) in [5, 5.41) is 4.92. The number of aryl methyl sites for hydroxylation is 2. The van der Waals surface area contributed by atoms with Gasteiger partial charge in [-0.05, 0) is 45.2 Å². The molecule has 0 spiro atoms. The van der Waals surface area contributed by atoms with Crippen molar-refractivity contribution in [2.45, 2.75) is 84.6 Å². The highest BCUT2D eigenvalue weighted by Crippen LogP contribution is 2.21. The second-order valence-electron chi connectivity index (χ2n) is 8.33. The maximum absolute atomic E-state index is 4.92. The third-order valence-electron chi connectivity index (χ3n) is 6.04. The van der Waals surface area contributed by atoms with Crippen molar-refractivity contribution in [2.24, 2.45) is 0 Å². The van der Waals surface area contributed by atoms with Crippen LogP contribution in [0.5, 0.6) is 0 Å². The van der Waals surface area contributed by atoms with E-state index in [2.05, 4.69) is 44.4 Å². The van der Waals surface area contributed by atoms with Crippen molar-refractivity contribution in [1.29, 1.82) is 0 Å². The highest BCUT2D eigenvalue weighted by atomic mass is 15.3. The van der Waals surface area contributed by atoms with Gasteiger partial charge in [0.15, 0.2) is 0 Å². The Balaban J connectivity index is 1.38. The standard InChI is InChI=1S/C21H34N6/c1-3-4-8-21-22-13-19(23-21)14-25-9-6-11-27-20(16-25)12-18(24-27)15-26-10-5-7-17(26)2/h12-13,17H,3-11,14-16H2,1-2H3,(H,22,23)/t17-/m1/s1. The Bertz CT molecular complexity index is 733. The van der Waals surface area contributed by atoms with Gasteiger partial charge in [-0.2, -0.15) is 5.10 Å². The minimum Gasteiger partial charge on any atom is -0.345 e. The van der Waals surface area contributed by atoms with Crippen LogP contribution in [-0.2, 0) is 32.6 Å². The van der Waals surface area contributed by atoms with E-state index in [0.717, 1.165) is 51.4 Å². The van der Waals surface area contributed by atoms with E-state index < -0.39 is 0 Å². The van der Waals surface area contributed by atoms with Crippen LogP contribution >= 0.6 is 0 Å². The molecule has 4 rings (SSSR count). The van der Waals surface area contributed by atoms with Crippen LogP contribution in [0.2, 0.25) is 0 Å². The number of likely N-dealkylation sites (tertiary alicyclic amines) is 1. The summed E-state index contributed by atoms with van der Waals surface area (Å²) in [5.41, 5.74) is 3.84. The molecule has 1 N–H and O–H groups in total. The third-order valence-corrected chi connectivity index (χ3v) is 6.04. The topological polar surface area (TPSA) is 53.0 Å². The number of unbranched alkanes of at least 4 members (excludes halogenated alkanes) is 1. The Morgan fingerprint density at radius 2 is 2.11 bits per heavy atom. The minimum atomic E-state index is 0.699. The number of hydrogen-bond donors (Lipinski definition) is 1. The fraction of sp³-hybridized carbons (Fsp3) is 0.714. The van der Waals surface area contributed by atoms with E-state index in [9.17, 15) is 0 Å². The maximum Gasteiger partial charge on any atom is 0.106 e. The molecule has 27 heavy (non-hydrogen) atoms. The average Bonchev–Trinajstić information content (AvgIpc) is 3.33. The lowest BCUT2D eigenvalue weighted by Gasteiger charge is -2.19. The number of aromatic amines is 1. The van der Waals surface area contributed by atoms with E-state index >= 15 is 0 Å². The van der Waals surface area contributed by atoms with Gasteiger partial charge in [0.25, 0.3) is 0 Å². The van der Waals surface area contributed by atoms with Gasteiger partial charge in [0.05, 0.1) is 11.4 Å². The number of nitrogens with zero attached hydrogens (tertiary/aromatic N) is 5. The summed E-state index contributed by atoms with van der Waals surface area (Å²) >= 11 is 0. The molecule has 2 aliphatic heterocycles. The van der Waals surface area contributed by atoms with Crippen LogP contribution in [0.15, 0.2) is 12.3 Å². The molecule has 0 aromatic carbocycles. The fourth-order valence-electron chi connectivity index (χ4n) is 4.43. The number of rotatable bonds is 7. The molecule has 2 aromatic rings. The van der Waals surface area contributed by atoms with Crippen LogP contribution < -0.4 is 0 Å². The van der Waals surface area contributed by atoms with Crippen molar-refractivity contribution in [2.75, 3.05) is 13.1 Å². The molecule has 6 nitrogen and oxygen atoms in total. The Labute approximate surface area is 163 Å². The Morgan fingerprint density at radius 1 is 1.19 bits per heavy atom. The molecule has 1 saturated heterocycles. The molecule has 1 atom stereocenters. The van der Waals surface area contributed by atoms with Gasteiger partial charge in [-0.25, -0.2) is 4.98 Å². The van der Waals surface area contributed by atoms with Crippen LogP contribution in [-0.4, -0.2) is 48.7 Å². The number of hydrogen-bond acceptors (Lipinski definition) is 4. The van der Waals surface area contributed by atoms with Gasteiger partial charge >= 0.3 is 0 Å². The molecule has 0 bridgehead atoms. The lowest BCUT2D eigenvalue weighted by molar-refractivity contribution is 0.254. The van der Waals surface area contributed by atoms with Crippen LogP contribution in [0.25, 0.3) is 0 Å². The summed E-state index contributed by atoms with van der Waals surface area (Å²) in [6.07, 6.45) is 9.30. The lowest BCUT2D eigenvalue weighted by Crippen LogP contribution is -2.26. The van der Waals surface area contributed by atoms with E-state index in [1.807, 2.05) is 6.20 Å². The number of fused-ring (bicyclic) bond motifs is 1. The lowest BCUT2D eigenvalue weighted by atomic mass is 10.2. The third kappa shape index (κ3) is 4.61. The van der Waals surface area contributed by atoms with Gasteiger partial charge in [0, 0.05) is 57.1 Å². The molecule has 0 unspecified atom stereocenters. The Hall–Kier alpha value is -1.66. The maximum atomic E-state index is 4.92. The van der Waals surface area contributed by atoms with Gasteiger partial charge in [-0.15, -0.1) is 0 Å². The zero-order valence-corrected chi connectivity index (χ0v) is 17.0. The predicted molar refractivity (Wildman–Crippen MR) is 107 cm³/mol. The molecule has 148 valence electrons. The molecule has 2 aliphatic rings. The highest BCUT2D eigenvalue weighted by Gasteiger charge is 2.23. The van der Waals surface area contributed by atoms with Crippen molar-refractivity contribution in [3.63, 3.8) is 0 Å². The van der Waals surface area contributed by atoms with Gasteiger partial charge in [-0.3, -0.25) is 14.5 Å². The van der Waals surface area contributed by atoms with Gasteiger partial charge in [-0.1, -0.05) is 13.3 Å². The molecule has 2 aromatic heterocycles. The van der Waals surface area contributed by atoms with E-state index in [4.69, 9.17) is 5.10 Å². The van der Waals surface area contributed by atoms with E-state index in [1.165, 1.54) is 49.3 Å². The zero-order valence-electron chi connectivity index (χ0n) is 17.0. The predicted octanol–water partition coefficient (Wildman–Crippen LogP) is 3.34. The molecule has 0 aliphatic carbocycles. The van der Waals surface area contributed by atoms with Crippen LogP contribution in [0.3, 0.4) is 0 Å². The van der Waals surface area contributed by atoms with Crippen molar-refractivity contribution in [3.05, 3.63) is 35.2 Å². The van der Waals surface area contributed by atoms with E-state index in [0.29, 0.717) is 6.04 Å². The van der Waals surface area contributed by atoms with E-state index in [-0.39, 0.29) is 0 Å². The molecule has 1 fully saturated rings. The first-order valence-electron chi connectivity index (χ1n) is 10.8. The summed E-state index contributed by atoms with van der Waals surface area (Å²) in [7, 11) is 0. The Kier molecular flexibility index (Phi) is 5.93. The first-order valence-corrected chi connectivity index (χ1v) is 10.8. The number of H-pyrrole nitrogens is 1. The van der Waals surface area contributed by atoms with Crippen LogP contribution in [0.1, 0.15) is 68.9 Å². The van der Waals surface area contributed by atoms with Crippen LogP contribution in [0.4, 0.5) is 0 Å². The van der Waals surface area contributed by atoms with Crippen LogP contribution in [0, 0.1) is 0 Å². The van der Waals surface area contributed by atoms with Crippen molar-refractivity contribution in [3.8, 4) is 0 Å². The monoisotopic (exact) mass is 370 g/mol. The summed E-state index contributed by atoms with van der Waals surface area (Å²) in [4.78, 5) is 13.2. The first-order chi connectivity index (χ1) is 13.2. The molecular formula is C21H34N6. The number of aromatic nitrogens is 4. The quantitative estimate of drug-likeness (QED) is 0.812. The average molecular weight is 371 g/mol. The van der Waals surface area contributed by atoms with Gasteiger partial charge < -0.3 is 4.98 Å². The zero-order chi connectivity index (χ0) is 18.6. The summed E-state index contributed by atoms with van der Waals surface area (Å²) in [6.45, 7) is 10.9. The molecule has 0 radical (unpaired) electrons. The smallest absolute Gasteiger partial charge is 0.106 e. The summed E-state index contributed by atoms with van der Waals surface area (Å²) in [6, 6.07) is 3.04. The minimum absolute atomic E-state index is 0.699. The fourth-order valence-corrected chi connectivity index (χ4v) is 4.43. The molecular weight excluding hydrogens is 336 g/mol. The van der Waals surface area contributed by atoms with Crippen molar-refractivity contribution < 1.29 is 0 Å². The summed E-state index contributed by atoms with van der Waals surface area (Å²) < 4.78 is 2.25. The molecule has 4 heterocycles. The number of imidazole rings is 1. The normalized spacial score (nSPS) is 21.5. The Morgan fingerprint density at radius 3 is 2.93 bits per heavy atom. The first kappa shape index (κ1) is 18.7. The largest absolute Gasteiger partial charge is 0.345 e. The second kappa shape index (κ2) is 8.57. The second-order valence-corrected chi connectivity index (χ2v) is 8.33. The van der Waals surface area contributed by atoms with Gasteiger partial charge in [0.1, 0.15) is 5.82 Å². The molecule has 0 saturated carbocycles. The molecule has 6 heteroatoms. The number of nitrogens with one attached hydrogen (secondary N) is 1. The SMILES string of the molecule is CCCCc1ncc(CN2CCCn3nc(CN4CCC[C@H]4C)cc3C2)[nH]1. The molecule has 0 amide bonds. The van der Waals surface area contributed by atoms with Crippen molar-refractivity contribution >= 4 is 0 Å². The van der Waals surface area contributed by atoms with E-state index in [1.54, 1.807) is 0 Å². The summed E-state index contributed by atoms with van der Waals surface area (Å²) in [5.74, 6) is 1.13. The highest BCUT2D eigenvalue weighted by molar-refractivity contribution is 5.12. The van der Waals surface area contributed by atoms with Crippen molar-refractivity contribution in [1.82, 2.24) is 29.5 Å².